The fraction of sp³-hybridized carbons (Fsp3) is 0.700. The number of aryl methyl sites for hydroxylation is 1. The van der Waals surface area contributed by atoms with Crippen LogP contribution in [-0.4, -0.2) is 46.6 Å². The fourth-order valence-electron chi connectivity index (χ4n) is 1.50. The van der Waals surface area contributed by atoms with Gasteiger partial charge in [-0.2, -0.15) is 5.10 Å². The van der Waals surface area contributed by atoms with Crippen LogP contribution in [0.2, 0.25) is 0 Å². The van der Waals surface area contributed by atoms with E-state index in [0.29, 0.717) is 19.0 Å². The quantitative estimate of drug-likeness (QED) is 0.689. The monoisotopic (exact) mass is 251 g/mol. The lowest BCUT2D eigenvalue weighted by Gasteiger charge is -2.20. The predicted molar refractivity (Wildman–Crippen MR) is 60.1 cm³/mol. The molecule has 1 rings (SSSR count). The van der Waals surface area contributed by atoms with Gasteiger partial charge in [0.15, 0.2) is 0 Å². The second-order valence-electron chi connectivity index (χ2n) is 3.65. The molecule has 16 heavy (non-hydrogen) atoms. The normalized spacial score (nSPS) is 11.6. The van der Waals surface area contributed by atoms with E-state index in [2.05, 4.69) is 5.10 Å². The molecule has 0 atom stereocenters. The zero-order valence-electron chi connectivity index (χ0n) is 9.24. The van der Waals surface area contributed by atoms with Crippen LogP contribution in [0.4, 0.5) is 8.78 Å². The molecule has 0 aliphatic heterocycles. The summed E-state index contributed by atoms with van der Waals surface area (Å²) in [4.78, 5) is 1.67. The lowest BCUT2D eigenvalue weighted by atomic mass is 10.2. The van der Waals surface area contributed by atoms with Crippen LogP contribution >= 0.6 is 11.6 Å². The Morgan fingerprint density at radius 2 is 2.25 bits per heavy atom. The SMILES string of the molecule is Cn1cc(CCN(CCCl)CC(F)F)cn1. The molecular formula is C10H16ClF2N3. The Labute approximate surface area is 99.0 Å². The predicted octanol–water partition coefficient (Wildman–Crippen LogP) is 1.77. The van der Waals surface area contributed by atoms with Gasteiger partial charge in [0.2, 0.25) is 0 Å². The Bertz CT molecular complexity index is 304. The number of nitrogens with zero attached hydrogens (tertiary/aromatic N) is 3. The van der Waals surface area contributed by atoms with Crippen LogP contribution < -0.4 is 0 Å². The molecule has 1 aromatic rings. The summed E-state index contributed by atoms with van der Waals surface area (Å²) in [6.45, 7) is 0.863. The number of aromatic nitrogens is 2. The van der Waals surface area contributed by atoms with Crippen molar-refractivity contribution in [2.75, 3.05) is 25.5 Å². The molecule has 0 aromatic carbocycles. The van der Waals surface area contributed by atoms with Crippen LogP contribution in [0.3, 0.4) is 0 Å². The summed E-state index contributed by atoms with van der Waals surface area (Å²) in [5.41, 5.74) is 1.05. The largest absolute Gasteiger partial charge is 0.296 e. The van der Waals surface area contributed by atoms with Gasteiger partial charge in [-0.3, -0.25) is 9.58 Å². The van der Waals surface area contributed by atoms with Gasteiger partial charge >= 0.3 is 0 Å². The van der Waals surface area contributed by atoms with E-state index in [0.717, 1.165) is 12.0 Å². The molecular weight excluding hydrogens is 236 g/mol. The topological polar surface area (TPSA) is 21.1 Å². The first-order valence-corrected chi connectivity index (χ1v) is 5.69. The van der Waals surface area contributed by atoms with Crippen LogP contribution in [-0.2, 0) is 13.5 Å². The third kappa shape index (κ3) is 4.90. The summed E-state index contributed by atoms with van der Waals surface area (Å²) in [5.74, 6) is 0.375. The minimum atomic E-state index is -2.31. The van der Waals surface area contributed by atoms with E-state index < -0.39 is 6.43 Å². The molecule has 0 aliphatic carbocycles. The molecule has 1 aromatic heterocycles. The molecule has 0 spiro atoms. The molecule has 1 heterocycles. The molecule has 0 amide bonds. The van der Waals surface area contributed by atoms with Crippen molar-refractivity contribution in [2.45, 2.75) is 12.8 Å². The Morgan fingerprint density at radius 3 is 2.75 bits per heavy atom. The Kier molecular flexibility index (Phi) is 5.69. The lowest BCUT2D eigenvalue weighted by molar-refractivity contribution is 0.0917. The van der Waals surface area contributed by atoms with Gasteiger partial charge in [-0.25, -0.2) is 8.78 Å². The van der Waals surface area contributed by atoms with Gasteiger partial charge in [0.05, 0.1) is 12.7 Å². The molecule has 3 nitrogen and oxygen atoms in total. The number of alkyl halides is 3. The molecule has 0 N–H and O–H groups in total. The van der Waals surface area contributed by atoms with Gasteiger partial charge in [0.25, 0.3) is 6.43 Å². The van der Waals surface area contributed by atoms with Crippen LogP contribution in [0.15, 0.2) is 12.4 Å². The van der Waals surface area contributed by atoms with Crippen molar-refractivity contribution in [3.05, 3.63) is 18.0 Å². The van der Waals surface area contributed by atoms with Crippen molar-refractivity contribution in [3.8, 4) is 0 Å². The zero-order valence-corrected chi connectivity index (χ0v) is 10.00. The van der Waals surface area contributed by atoms with Crippen molar-refractivity contribution in [1.82, 2.24) is 14.7 Å². The van der Waals surface area contributed by atoms with Crippen molar-refractivity contribution in [3.63, 3.8) is 0 Å². The summed E-state index contributed by atoms with van der Waals surface area (Å²) >= 11 is 5.56. The Balaban J connectivity index is 2.36. The Morgan fingerprint density at radius 1 is 1.50 bits per heavy atom. The highest BCUT2D eigenvalue weighted by Gasteiger charge is 2.11. The second kappa shape index (κ2) is 6.81. The average Bonchev–Trinajstić information content (AvgIpc) is 2.60. The molecule has 0 bridgehead atoms. The smallest absolute Gasteiger partial charge is 0.251 e. The lowest BCUT2D eigenvalue weighted by Crippen LogP contribution is -2.32. The van der Waals surface area contributed by atoms with E-state index in [9.17, 15) is 8.78 Å². The fourth-order valence-corrected chi connectivity index (χ4v) is 1.74. The van der Waals surface area contributed by atoms with Crippen molar-refractivity contribution >= 4 is 11.6 Å². The summed E-state index contributed by atoms with van der Waals surface area (Å²) in [6.07, 6.45) is 2.05. The molecule has 0 saturated carbocycles. The van der Waals surface area contributed by atoms with Gasteiger partial charge in [-0.15, -0.1) is 11.6 Å². The first-order valence-electron chi connectivity index (χ1n) is 5.16. The second-order valence-corrected chi connectivity index (χ2v) is 4.03. The highest BCUT2D eigenvalue weighted by molar-refractivity contribution is 6.18. The molecule has 6 heteroatoms. The van der Waals surface area contributed by atoms with Gasteiger partial charge < -0.3 is 0 Å². The van der Waals surface area contributed by atoms with Gasteiger partial charge in [-0.1, -0.05) is 0 Å². The molecule has 92 valence electrons. The highest BCUT2D eigenvalue weighted by atomic mass is 35.5. The van der Waals surface area contributed by atoms with Crippen LogP contribution in [0.5, 0.6) is 0 Å². The van der Waals surface area contributed by atoms with Crippen LogP contribution in [0.1, 0.15) is 5.56 Å². The van der Waals surface area contributed by atoms with Gasteiger partial charge in [0.1, 0.15) is 0 Å². The highest BCUT2D eigenvalue weighted by Crippen LogP contribution is 2.03. The van der Waals surface area contributed by atoms with Gasteiger partial charge in [-0.05, 0) is 12.0 Å². The molecule has 0 saturated heterocycles. The summed E-state index contributed by atoms with van der Waals surface area (Å²) in [6, 6.07) is 0. The molecule has 0 fully saturated rings. The molecule has 0 radical (unpaired) electrons. The van der Waals surface area contributed by atoms with E-state index in [-0.39, 0.29) is 6.54 Å². The number of hydrogen-bond acceptors (Lipinski definition) is 2. The number of rotatable bonds is 7. The Hall–Kier alpha value is -0.680. The average molecular weight is 252 g/mol. The van der Waals surface area contributed by atoms with E-state index >= 15 is 0 Å². The van der Waals surface area contributed by atoms with E-state index in [4.69, 9.17) is 11.6 Å². The van der Waals surface area contributed by atoms with Gasteiger partial charge in [0, 0.05) is 32.2 Å². The summed E-state index contributed by atoms with van der Waals surface area (Å²) in [7, 11) is 1.83. The zero-order chi connectivity index (χ0) is 12.0. The minimum absolute atomic E-state index is 0.215. The van der Waals surface area contributed by atoms with Crippen molar-refractivity contribution in [2.24, 2.45) is 7.05 Å². The first kappa shape index (κ1) is 13.4. The third-order valence-corrected chi connectivity index (χ3v) is 2.44. The maximum Gasteiger partial charge on any atom is 0.251 e. The minimum Gasteiger partial charge on any atom is -0.296 e. The summed E-state index contributed by atoms with van der Waals surface area (Å²) < 4.78 is 26.2. The van der Waals surface area contributed by atoms with E-state index in [1.807, 2.05) is 13.2 Å². The van der Waals surface area contributed by atoms with Crippen molar-refractivity contribution in [1.29, 1.82) is 0 Å². The number of halogens is 3. The maximum absolute atomic E-state index is 12.2. The maximum atomic E-state index is 12.2. The molecule has 0 unspecified atom stereocenters. The molecule has 0 aliphatic rings. The standard InChI is InChI=1S/C10H16ClF2N3/c1-15-7-9(6-14-15)2-4-16(5-3-11)8-10(12)13/h6-7,10H,2-5,8H2,1H3. The third-order valence-electron chi connectivity index (χ3n) is 2.27. The number of hydrogen-bond donors (Lipinski definition) is 0. The van der Waals surface area contributed by atoms with Crippen LogP contribution in [0, 0.1) is 0 Å². The van der Waals surface area contributed by atoms with Crippen LogP contribution in [0.25, 0.3) is 0 Å². The first-order chi connectivity index (χ1) is 7.61. The van der Waals surface area contributed by atoms with E-state index in [1.165, 1.54) is 0 Å². The summed E-state index contributed by atoms with van der Waals surface area (Å²) in [5, 5.41) is 4.03. The van der Waals surface area contributed by atoms with E-state index in [1.54, 1.807) is 15.8 Å². The van der Waals surface area contributed by atoms with Crippen molar-refractivity contribution < 1.29 is 8.78 Å².